The van der Waals surface area contributed by atoms with E-state index < -0.39 is 6.10 Å². The third kappa shape index (κ3) is 2.03. The maximum absolute atomic E-state index is 9.77. The van der Waals surface area contributed by atoms with Crippen molar-refractivity contribution < 1.29 is 14.6 Å². The highest BCUT2D eigenvalue weighted by Gasteiger charge is 2.18. The van der Waals surface area contributed by atoms with Crippen molar-refractivity contribution >= 4 is 0 Å². The summed E-state index contributed by atoms with van der Waals surface area (Å²) in [6.45, 7) is 0. The number of rotatable bonds is 3. The summed E-state index contributed by atoms with van der Waals surface area (Å²) in [5.74, 6) is 0. The van der Waals surface area contributed by atoms with E-state index in [9.17, 15) is 5.11 Å². The van der Waals surface area contributed by atoms with Gasteiger partial charge in [-0.05, 0) is 17.7 Å². The molecule has 14 heavy (non-hydrogen) atoms. The van der Waals surface area contributed by atoms with Crippen molar-refractivity contribution in [1.82, 2.24) is 4.98 Å². The number of nitrogens with zero attached hydrogens (tertiary/aromatic N) is 1. The number of hydrogen-bond acceptors (Lipinski definition) is 4. The summed E-state index contributed by atoms with van der Waals surface area (Å²) in [6.07, 6.45) is 5.70. The number of ether oxygens (including phenoxy) is 2. The second-order valence-corrected chi connectivity index (χ2v) is 3.01. The first-order chi connectivity index (χ1) is 6.86. The highest BCUT2D eigenvalue weighted by Crippen LogP contribution is 2.21. The van der Waals surface area contributed by atoms with E-state index in [4.69, 9.17) is 9.47 Å². The molecule has 4 heteroatoms. The van der Waals surface area contributed by atoms with E-state index in [1.165, 1.54) is 12.5 Å². The third-order valence-corrected chi connectivity index (χ3v) is 2.02. The lowest BCUT2D eigenvalue weighted by Crippen LogP contribution is -2.12. The molecular weight excluding hydrogens is 182 g/mol. The summed E-state index contributed by atoms with van der Waals surface area (Å²) < 4.78 is 10.1. The zero-order chi connectivity index (χ0) is 9.80. The fourth-order valence-electron chi connectivity index (χ4n) is 1.29. The summed E-state index contributed by atoms with van der Waals surface area (Å²) in [5, 5.41) is 9.77. The van der Waals surface area contributed by atoms with Crippen LogP contribution in [0.15, 0.2) is 37.1 Å². The molecule has 74 valence electrons. The molecule has 1 N–H and O–H groups in total. The largest absolute Gasteiger partial charge is 0.459 e. The van der Waals surface area contributed by atoms with Gasteiger partial charge in [-0.3, -0.25) is 4.98 Å². The Labute approximate surface area is 81.8 Å². The molecule has 1 aromatic rings. The first-order valence-corrected chi connectivity index (χ1v) is 4.40. The Bertz CT molecular complexity index is 304. The lowest BCUT2D eigenvalue weighted by atomic mass is 10.1. The van der Waals surface area contributed by atoms with Gasteiger partial charge in [-0.15, -0.1) is 0 Å². The topological polar surface area (TPSA) is 51.6 Å². The predicted molar refractivity (Wildman–Crippen MR) is 48.9 cm³/mol. The molecule has 0 fully saturated rings. The fourth-order valence-corrected chi connectivity index (χ4v) is 1.29. The molecule has 1 aliphatic heterocycles. The molecule has 1 aromatic heterocycles. The van der Waals surface area contributed by atoms with Crippen LogP contribution in [0.5, 0.6) is 0 Å². The van der Waals surface area contributed by atoms with Gasteiger partial charge in [0.25, 0.3) is 0 Å². The van der Waals surface area contributed by atoms with E-state index in [1.807, 2.05) is 0 Å². The molecule has 1 unspecified atom stereocenters. The Morgan fingerprint density at radius 2 is 1.93 bits per heavy atom. The van der Waals surface area contributed by atoms with Crippen molar-refractivity contribution in [3.05, 3.63) is 42.6 Å². The molecule has 0 aromatic carbocycles. The lowest BCUT2D eigenvalue weighted by molar-refractivity contribution is -0.0551. The summed E-state index contributed by atoms with van der Waals surface area (Å²) in [5.41, 5.74) is 0.819. The minimum atomic E-state index is -0.581. The van der Waals surface area contributed by atoms with E-state index >= 15 is 0 Å². The van der Waals surface area contributed by atoms with E-state index in [-0.39, 0.29) is 6.29 Å². The summed E-state index contributed by atoms with van der Waals surface area (Å²) in [7, 11) is 0. The van der Waals surface area contributed by atoms with Crippen LogP contribution in [-0.2, 0) is 9.47 Å². The number of aromatic nitrogens is 1. The van der Waals surface area contributed by atoms with Crippen molar-refractivity contribution in [2.24, 2.45) is 0 Å². The first kappa shape index (κ1) is 9.02. The SMILES string of the molecule is OC(CC1OC=CO1)c1ccncc1. The Morgan fingerprint density at radius 3 is 2.57 bits per heavy atom. The maximum atomic E-state index is 9.77. The lowest BCUT2D eigenvalue weighted by Gasteiger charge is -2.15. The standard InChI is InChI=1S/C10H11NO3/c12-9(7-10-13-5-6-14-10)8-1-3-11-4-2-8/h1-6,9-10,12H,7H2. The van der Waals surface area contributed by atoms with Crippen LogP contribution in [0, 0.1) is 0 Å². The maximum Gasteiger partial charge on any atom is 0.242 e. The average molecular weight is 193 g/mol. The van der Waals surface area contributed by atoms with Gasteiger partial charge >= 0.3 is 0 Å². The van der Waals surface area contributed by atoms with Gasteiger partial charge in [-0.2, -0.15) is 0 Å². The van der Waals surface area contributed by atoms with Gasteiger partial charge in [0.15, 0.2) is 0 Å². The smallest absolute Gasteiger partial charge is 0.242 e. The second kappa shape index (κ2) is 4.11. The molecule has 0 saturated heterocycles. The Kier molecular flexibility index (Phi) is 2.65. The zero-order valence-electron chi connectivity index (χ0n) is 7.54. The molecule has 0 radical (unpaired) electrons. The average Bonchev–Trinajstić information content (AvgIpc) is 2.72. The number of aliphatic hydroxyl groups excluding tert-OH is 1. The molecule has 2 heterocycles. The Balaban J connectivity index is 1.92. The number of hydrogen-bond donors (Lipinski definition) is 1. The fraction of sp³-hybridized carbons (Fsp3) is 0.300. The van der Waals surface area contributed by atoms with E-state index in [0.29, 0.717) is 6.42 Å². The van der Waals surface area contributed by atoms with Crippen LogP contribution in [0.25, 0.3) is 0 Å². The van der Waals surface area contributed by atoms with Crippen molar-refractivity contribution in [1.29, 1.82) is 0 Å². The molecular formula is C10H11NO3. The van der Waals surface area contributed by atoms with Crippen molar-refractivity contribution in [3.63, 3.8) is 0 Å². The predicted octanol–water partition coefficient (Wildman–Crippen LogP) is 1.35. The van der Waals surface area contributed by atoms with Crippen molar-refractivity contribution in [2.75, 3.05) is 0 Å². The molecule has 1 aliphatic rings. The van der Waals surface area contributed by atoms with Gasteiger partial charge in [-0.25, -0.2) is 0 Å². The third-order valence-electron chi connectivity index (χ3n) is 2.02. The van der Waals surface area contributed by atoms with Crippen LogP contribution in [0.4, 0.5) is 0 Å². The van der Waals surface area contributed by atoms with E-state index in [0.717, 1.165) is 5.56 Å². The van der Waals surface area contributed by atoms with E-state index in [1.54, 1.807) is 24.5 Å². The molecule has 0 bridgehead atoms. The van der Waals surface area contributed by atoms with Crippen LogP contribution >= 0.6 is 0 Å². The van der Waals surface area contributed by atoms with Gasteiger partial charge in [0.1, 0.15) is 12.5 Å². The highest BCUT2D eigenvalue weighted by atomic mass is 16.7. The molecule has 0 aliphatic carbocycles. The van der Waals surface area contributed by atoms with Crippen LogP contribution in [-0.4, -0.2) is 16.4 Å². The van der Waals surface area contributed by atoms with Gasteiger partial charge in [0.2, 0.25) is 6.29 Å². The van der Waals surface area contributed by atoms with E-state index in [2.05, 4.69) is 4.98 Å². The van der Waals surface area contributed by atoms with Crippen LogP contribution in [0.2, 0.25) is 0 Å². The quantitative estimate of drug-likeness (QED) is 0.787. The van der Waals surface area contributed by atoms with Gasteiger partial charge < -0.3 is 14.6 Å². The molecule has 4 nitrogen and oxygen atoms in total. The minimum Gasteiger partial charge on any atom is -0.459 e. The summed E-state index contributed by atoms with van der Waals surface area (Å²) in [4.78, 5) is 3.87. The second-order valence-electron chi connectivity index (χ2n) is 3.01. The van der Waals surface area contributed by atoms with Crippen LogP contribution in [0.1, 0.15) is 18.1 Å². The Morgan fingerprint density at radius 1 is 1.29 bits per heavy atom. The normalized spacial score (nSPS) is 17.5. The molecule has 0 amide bonds. The van der Waals surface area contributed by atoms with Crippen LogP contribution in [0.3, 0.4) is 0 Å². The van der Waals surface area contributed by atoms with Crippen molar-refractivity contribution in [3.8, 4) is 0 Å². The highest BCUT2D eigenvalue weighted by molar-refractivity contribution is 5.12. The van der Waals surface area contributed by atoms with Crippen molar-refractivity contribution in [2.45, 2.75) is 18.8 Å². The van der Waals surface area contributed by atoms with Gasteiger partial charge in [-0.1, -0.05) is 0 Å². The van der Waals surface area contributed by atoms with Crippen LogP contribution < -0.4 is 0 Å². The monoisotopic (exact) mass is 193 g/mol. The Hall–Kier alpha value is -1.55. The summed E-state index contributed by atoms with van der Waals surface area (Å²) in [6, 6.07) is 3.54. The van der Waals surface area contributed by atoms with Gasteiger partial charge in [0, 0.05) is 12.4 Å². The summed E-state index contributed by atoms with van der Waals surface area (Å²) >= 11 is 0. The zero-order valence-corrected chi connectivity index (χ0v) is 7.54. The minimum absolute atomic E-state index is 0.377. The first-order valence-electron chi connectivity index (χ1n) is 4.40. The molecule has 0 spiro atoms. The van der Waals surface area contributed by atoms with Gasteiger partial charge in [0.05, 0.1) is 12.5 Å². The molecule has 2 rings (SSSR count). The molecule has 0 saturated carbocycles. The number of pyridine rings is 1. The number of aliphatic hydroxyl groups is 1. The molecule has 1 atom stereocenters.